The van der Waals surface area contributed by atoms with Crippen molar-refractivity contribution < 1.29 is 24.3 Å². The van der Waals surface area contributed by atoms with Gasteiger partial charge in [0.15, 0.2) is 0 Å². The first-order valence-electron chi connectivity index (χ1n) is 16.5. The standard InChI is InChI=1S/C40H34IN3O5/c1-22-11-15-26(16-12-22)42-44-37(47)32-21-31-28(19-20-29-33(31)38(48)43(36(29)46)27-17-13-25(41)14-18-27)34(30-10-6-7-23(2)35(30)45)40(32,39(44)49)24-8-4-3-5-9-24/h3-19,29,31-34,42,45H,20-21H2,1-2H3. The Balaban J connectivity index is 1.33. The zero-order valence-corrected chi connectivity index (χ0v) is 29.1. The van der Waals surface area contributed by atoms with Crippen LogP contribution in [0.4, 0.5) is 11.4 Å². The lowest BCUT2D eigenvalue weighted by Gasteiger charge is -2.50. The number of hydrogen-bond donors (Lipinski definition) is 2. The predicted octanol–water partition coefficient (Wildman–Crippen LogP) is 6.80. The van der Waals surface area contributed by atoms with Gasteiger partial charge in [-0.15, -0.1) is 0 Å². The number of carbonyl (C=O) groups excluding carboxylic acids is 4. The number of nitrogens with zero attached hydrogens (tertiary/aromatic N) is 2. The lowest BCUT2D eigenvalue weighted by Crippen LogP contribution is -2.53. The van der Waals surface area contributed by atoms with E-state index in [1.54, 1.807) is 12.1 Å². The van der Waals surface area contributed by atoms with Crippen LogP contribution in [0.3, 0.4) is 0 Å². The molecule has 6 atom stereocenters. The normalized spacial score (nSPS) is 27.5. The molecule has 2 heterocycles. The Bertz CT molecular complexity index is 2060. The number of carbonyl (C=O) groups is 4. The number of aryl methyl sites for hydroxylation is 2. The van der Waals surface area contributed by atoms with Gasteiger partial charge in [0.25, 0.3) is 11.8 Å². The van der Waals surface area contributed by atoms with Gasteiger partial charge >= 0.3 is 0 Å². The molecule has 2 aliphatic heterocycles. The number of halogens is 1. The zero-order valence-electron chi connectivity index (χ0n) is 27.0. The largest absolute Gasteiger partial charge is 0.507 e. The van der Waals surface area contributed by atoms with Crippen LogP contribution in [0.25, 0.3) is 0 Å². The van der Waals surface area contributed by atoms with E-state index in [-0.39, 0.29) is 24.0 Å². The van der Waals surface area contributed by atoms with Gasteiger partial charge in [-0.05, 0) is 103 Å². The summed E-state index contributed by atoms with van der Waals surface area (Å²) in [6.45, 7) is 3.77. The summed E-state index contributed by atoms with van der Waals surface area (Å²) in [5, 5.41) is 12.8. The number of allylic oxidation sites excluding steroid dienone is 2. The number of phenols is 1. The number of para-hydroxylation sites is 1. The number of rotatable bonds is 5. The van der Waals surface area contributed by atoms with Crippen molar-refractivity contribution in [1.29, 1.82) is 0 Å². The van der Waals surface area contributed by atoms with E-state index < -0.39 is 46.8 Å². The molecule has 4 aromatic rings. The van der Waals surface area contributed by atoms with Crippen LogP contribution in [0.1, 0.15) is 41.0 Å². The second-order valence-electron chi connectivity index (χ2n) is 13.6. The Hall–Kier alpha value is -4.77. The highest BCUT2D eigenvalue weighted by Crippen LogP contribution is 2.65. The molecular formula is C40H34IN3O5. The van der Waals surface area contributed by atoms with Crippen LogP contribution in [0, 0.1) is 41.1 Å². The summed E-state index contributed by atoms with van der Waals surface area (Å²) in [5.41, 5.74) is 6.46. The molecule has 4 aromatic carbocycles. The van der Waals surface area contributed by atoms with E-state index in [9.17, 15) is 19.5 Å². The molecule has 6 unspecified atom stereocenters. The lowest BCUT2D eigenvalue weighted by atomic mass is 9.49. The summed E-state index contributed by atoms with van der Waals surface area (Å²) in [6.07, 6.45) is 2.52. The number of hydrazine groups is 1. The van der Waals surface area contributed by atoms with Gasteiger partial charge in [-0.3, -0.25) is 29.5 Å². The second kappa shape index (κ2) is 11.7. The Kier molecular flexibility index (Phi) is 7.51. The van der Waals surface area contributed by atoms with Crippen LogP contribution in [0.2, 0.25) is 0 Å². The molecule has 9 heteroatoms. The molecular weight excluding hydrogens is 729 g/mol. The molecule has 8 nitrogen and oxygen atoms in total. The van der Waals surface area contributed by atoms with Crippen molar-refractivity contribution in [3.63, 3.8) is 0 Å². The number of aromatic hydroxyl groups is 1. The third-order valence-electron chi connectivity index (χ3n) is 11.1. The van der Waals surface area contributed by atoms with Gasteiger partial charge < -0.3 is 5.11 Å². The van der Waals surface area contributed by atoms with E-state index in [2.05, 4.69) is 28.0 Å². The van der Waals surface area contributed by atoms with Crippen molar-refractivity contribution in [3.8, 4) is 5.75 Å². The highest BCUT2D eigenvalue weighted by atomic mass is 127. The van der Waals surface area contributed by atoms with Crippen LogP contribution in [-0.2, 0) is 24.6 Å². The monoisotopic (exact) mass is 763 g/mol. The van der Waals surface area contributed by atoms with Crippen LogP contribution in [0.15, 0.2) is 109 Å². The van der Waals surface area contributed by atoms with E-state index >= 15 is 4.79 Å². The number of hydrogen-bond acceptors (Lipinski definition) is 6. The minimum atomic E-state index is -1.43. The first-order valence-corrected chi connectivity index (χ1v) is 17.6. The van der Waals surface area contributed by atoms with Crippen LogP contribution in [-0.4, -0.2) is 33.7 Å². The van der Waals surface area contributed by atoms with E-state index in [1.807, 2.05) is 105 Å². The fourth-order valence-electron chi connectivity index (χ4n) is 8.85. The van der Waals surface area contributed by atoms with Crippen molar-refractivity contribution in [2.75, 3.05) is 10.3 Å². The Morgan fingerprint density at radius 2 is 1.51 bits per heavy atom. The summed E-state index contributed by atoms with van der Waals surface area (Å²) in [5.74, 6) is -4.80. The highest BCUT2D eigenvalue weighted by molar-refractivity contribution is 14.1. The summed E-state index contributed by atoms with van der Waals surface area (Å²) in [6, 6.07) is 29.6. The SMILES string of the molecule is Cc1ccc(NN2C(=O)C3CC4C(=CCC5C(=O)N(c6ccc(I)cc6)C(=O)C54)C(c4cccc(C)c4O)C3(c3ccccc3)C2=O)cc1. The van der Waals surface area contributed by atoms with E-state index in [0.29, 0.717) is 34.5 Å². The van der Waals surface area contributed by atoms with Gasteiger partial charge in [-0.25, -0.2) is 0 Å². The van der Waals surface area contributed by atoms with Gasteiger partial charge in [0.05, 0.1) is 34.5 Å². The van der Waals surface area contributed by atoms with Crippen molar-refractivity contribution >= 4 is 57.6 Å². The highest BCUT2D eigenvalue weighted by Gasteiger charge is 2.70. The molecule has 4 amide bonds. The molecule has 49 heavy (non-hydrogen) atoms. The van der Waals surface area contributed by atoms with Crippen LogP contribution >= 0.6 is 22.6 Å². The van der Waals surface area contributed by atoms with Gasteiger partial charge in [0, 0.05) is 15.1 Å². The third-order valence-corrected chi connectivity index (χ3v) is 11.8. The average Bonchev–Trinajstić information content (AvgIpc) is 3.49. The molecule has 2 N–H and O–H groups in total. The van der Waals surface area contributed by atoms with E-state index in [0.717, 1.165) is 19.7 Å². The summed E-state index contributed by atoms with van der Waals surface area (Å²) in [7, 11) is 0. The molecule has 8 rings (SSSR count). The number of fused-ring (bicyclic) bond motifs is 4. The molecule has 0 bridgehead atoms. The zero-order chi connectivity index (χ0) is 34.2. The third kappa shape index (κ3) is 4.61. The molecule has 0 spiro atoms. The average molecular weight is 764 g/mol. The molecule has 2 saturated heterocycles. The van der Waals surface area contributed by atoms with Crippen molar-refractivity contribution in [3.05, 3.63) is 135 Å². The minimum Gasteiger partial charge on any atom is -0.507 e. The maximum Gasteiger partial charge on any atom is 0.260 e. The number of phenolic OH excluding ortho intramolecular Hbond substituents is 1. The van der Waals surface area contributed by atoms with Crippen LogP contribution in [0.5, 0.6) is 5.75 Å². The van der Waals surface area contributed by atoms with Crippen LogP contribution < -0.4 is 10.3 Å². The maximum absolute atomic E-state index is 15.2. The molecule has 0 radical (unpaired) electrons. The van der Waals surface area contributed by atoms with Gasteiger partial charge in [-0.1, -0.05) is 77.9 Å². The molecule has 246 valence electrons. The van der Waals surface area contributed by atoms with Crippen molar-refractivity contribution in [2.24, 2.45) is 23.7 Å². The Labute approximate surface area is 297 Å². The first-order chi connectivity index (χ1) is 23.6. The molecule has 3 fully saturated rings. The number of nitrogens with one attached hydrogen (secondary N) is 1. The molecule has 0 aromatic heterocycles. The smallest absolute Gasteiger partial charge is 0.260 e. The van der Waals surface area contributed by atoms with Crippen molar-refractivity contribution in [2.45, 2.75) is 38.0 Å². The number of amides is 4. The van der Waals surface area contributed by atoms with Gasteiger partial charge in [-0.2, -0.15) is 5.01 Å². The molecule has 2 aliphatic carbocycles. The number of anilines is 2. The quantitative estimate of drug-likeness (QED) is 0.132. The number of imide groups is 2. The van der Waals surface area contributed by atoms with Gasteiger partial charge in [0.1, 0.15) is 5.75 Å². The van der Waals surface area contributed by atoms with Crippen molar-refractivity contribution in [1.82, 2.24) is 5.01 Å². The first kappa shape index (κ1) is 31.5. The topological polar surface area (TPSA) is 107 Å². The molecule has 1 saturated carbocycles. The van der Waals surface area contributed by atoms with Gasteiger partial charge in [0.2, 0.25) is 11.8 Å². The summed E-state index contributed by atoms with van der Waals surface area (Å²) >= 11 is 2.19. The number of benzene rings is 4. The predicted molar refractivity (Wildman–Crippen MR) is 193 cm³/mol. The van der Waals surface area contributed by atoms with E-state index in [1.165, 1.54) is 4.90 Å². The maximum atomic E-state index is 15.2. The summed E-state index contributed by atoms with van der Waals surface area (Å²) in [4.78, 5) is 59.7. The Morgan fingerprint density at radius 3 is 2.22 bits per heavy atom. The Morgan fingerprint density at radius 1 is 0.796 bits per heavy atom. The minimum absolute atomic E-state index is 0.0461. The van der Waals surface area contributed by atoms with E-state index in [4.69, 9.17) is 0 Å². The summed E-state index contributed by atoms with van der Waals surface area (Å²) < 4.78 is 0.986. The second-order valence-corrected chi connectivity index (χ2v) is 14.8. The molecule has 4 aliphatic rings. The fourth-order valence-corrected chi connectivity index (χ4v) is 9.21. The lowest BCUT2D eigenvalue weighted by molar-refractivity contribution is -0.138. The fraction of sp³-hybridized carbons (Fsp3) is 0.250.